The third-order valence-corrected chi connectivity index (χ3v) is 4.26. The Kier molecular flexibility index (Phi) is 6.40. The van der Waals surface area contributed by atoms with Crippen molar-refractivity contribution in [1.29, 1.82) is 0 Å². The molecule has 22 heavy (non-hydrogen) atoms. The summed E-state index contributed by atoms with van der Waals surface area (Å²) in [5, 5.41) is 0.602. The number of methoxy groups -OCH3 is 1. The molecule has 120 valence electrons. The Bertz CT molecular complexity index is 513. The van der Waals surface area contributed by atoms with Gasteiger partial charge in [-0.15, -0.1) is 0 Å². The van der Waals surface area contributed by atoms with Gasteiger partial charge in [-0.05, 0) is 43.0 Å². The van der Waals surface area contributed by atoms with E-state index in [1.165, 1.54) is 0 Å². The lowest BCUT2D eigenvalue weighted by Crippen LogP contribution is -2.41. The number of ether oxygens (including phenoxy) is 1. The fraction of sp³-hybridized carbons (Fsp3) is 0.529. The normalized spacial score (nSPS) is 18.3. The second kappa shape index (κ2) is 8.30. The maximum atomic E-state index is 12.2. The predicted molar refractivity (Wildman–Crippen MR) is 86.2 cm³/mol. The molecule has 0 bridgehead atoms. The van der Waals surface area contributed by atoms with Crippen LogP contribution < -0.4 is 0 Å². The molecule has 0 saturated carbocycles. The molecule has 1 fully saturated rings. The quantitative estimate of drug-likeness (QED) is 0.755. The highest BCUT2D eigenvalue weighted by atomic mass is 35.5. The second-order valence-corrected chi connectivity index (χ2v) is 6.17. The number of likely N-dealkylation sites (tertiary alicyclic amines) is 1. The number of rotatable bonds is 6. The highest BCUT2D eigenvalue weighted by molar-refractivity contribution is 6.30. The summed E-state index contributed by atoms with van der Waals surface area (Å²) < 4.78 is 5.17. The maximum absolute atomic E-state index is 12.2. The van der Waals surface area contributed by atoms with Crippen molar-refractivity contribution < 1.29 is 14.3 Å². The number of Topliss-reactive ketones (excluding diaryl/α,β-unsaturated/α-hetero) is 1. The number of ketones is 1. The Morgan fingerprint density at radius 3 is 2.68 bits per heavy atom. The van der Waals surface area contributed by atoms with Crippen molar-refractivity contribution in [3.63, 3.8) is 0 Å². The second-order valence-electron chi connectivity index (χ2n) is 5.73. The molecule has 5 heteroatoms. The fourth-order valence-electron chi connectivity index (χ4n) is 2.82. The van der Waals surface area contributed by atoms with Crippen molar-refractivity contribution in [2.45, 2.75) is 25.7 Å². The van der Waals surface area contributed by atoms with Crippen LogP contribution in [0.2, 0.25) is 5.02 Å². The molecule has 1 aromatic rings. The summed E-state index contributed by atoms with van der Waals surface area (Å²) in [5.41, 5.74) is 0.605. The minimum absolute atomic E-state index is 0.0181. The molecule has 0 N–H and O–H groups in total. The van der Waals surface area contributed by atoms with E-state index in [-0.39, 0.29) is 24.5 Å². The zero-order valence-electron chi connectivity index (χ0n) is 12.9. The smallest absolute Gasteiger partial charge is 0.223 e. The Morgan fingerprint density at radius 2 is 2.00 bits per heavy atom. The molecule has 2 rings (SSSR count). The van der Waals surface area contributed by atoms with Crippen LogP contribution in [-0.2, 0) is 9.53 Å². The largest absolute Gasteiger partial charge is 0.384 e. The first-order valence-electron chi connectivity index (χ1n) is 7.65. The lowest BCUT2D eigenvalue weighted by atomic mass is 9.98. The van der Waals surface area contributed by atoms with Crippen LogP contribution in [0.4, 0.5) is 0 Å². The molecule has 1 unspecified atom stereocenters. The van der Waals surface area contributed by atoms with Crippen molar-refractivity contribution in [2.24, 2.45) is 5.92 Å². The lowest BCUT2D eigenvalue weighted by Gasteiger charge is -2.32. The summed E-state index contributed by atoms with van der Waals surface area (Å²) in [6.45, 7) is 2.21. The summed E-state index contributed by atoms with van der Waals surface area (Å²) in [6.07, 6.45) is 2.61. The summed E-state index contributed by atoms with van der Waals surface area (Å²) in [5.74, 6) is 0.452. The molecular weight excluding hydrogens is 302 g/mol. The molecule has 1 heterocycles. The standard InChI is InChI=1S/C17H22ClNO3/c1-22-12-13-3-2-10-19(11-13)17(21)9-8-16(20)14-4-6-15(18)7-5-14/h4-7,13H,2-3,8-12H2,1H3. The molecule has 1 saturated heterocycles. The zero-order chi connectivity index (χ0) is 15.9. The van der Waals surface area contributed by atoms with Gasteiger partial charge in [0.15, 0.2) is 5.78 Å². The van der Waals surface area contributed by atoms with E-state index in [4.69, 9.17) is 16.3 Å². The maximum Gasteiger partial charge on any atom is 0.223 e. The molecule has 0 spiro atoms. The number of benzene rings is 1. The number of nitrogens with zero attached hydrogens (tertiary/aromatic N) is 1. The fourth-order valence-corrected chi connectivity index (χ4v) is 2.95. The van der Waals surface area contributed by atoms with Crippen molar-refractivity contribution in [2.75, 3.05) is 26.8 Å². The van der Waals surface area contributed by atoms with E-state index in [1.807, 2.05) is 4.90 Å². The van der Waals surface area contributed by atoms with Gasteiger partial charge in [-0.3, -0.25) is 9.59 Å². The van der Waals surface area contributed by atoms with Crippen LogP contribution in [0.15, 0.2) is 24.3 Å². The van der Waals surface area contributed by atoms with Gasteiger partial charge in [-0.1, -0.05) is 11.6 Å². The van der Waals surface area contributed by atoms with E-state index in [9.17, 15) is 9.59 Å². The molecule has 1 aromatic carbocycles. The van der Waals surface area contributed by atoms with Crippen LogP contribution in [0.3, 0.4) is 0 Å². The minimum Gasteiger partial charge on any atom is -0.384 e. The van der Waals surface area contributed by atoms with Gasteiger partial charge in [0.25, 0.3) is 0 Å². The SMILES string of the molecule is COCC1CCCN(C(=O)CCC(=O)c2ccc(Cl)cc2)C1. The van der Waals surface area contributed by atoms with Gasteiger partial charge in [-0.25, -0.2) is 0 Å². The summed E-state index contributed by atoms with van der Waals surface area (Å²) in [7, 11) is 1.69. The first-order valence-corrected chi connectivity index (χ1v) is 8.03. The van der Waals surface area contributed by atoms with Crippen molar-refractivity contribution in [3.05, 3.63) is 34.9 Å². The van der Waals surface area contributed by atoms with E-state index >= 15 is 0 Å². The predicted octanol–water partition coefficient (Wildman–Crippen LogP) is 3.19. The number of piperidine rings is 1. The number of carbonyl (C=O) groups excluding carboxylic acids is 2. The average molecular weight is 324 g/mol. The van der Waals surface area contributed by atoms with E-state index in [0.717, 1.165) is 25.9 Å². The zero-order valence-corrected chi connectivity index (χ0v) is 13.6. The van der Waals surface area contributed by atoms with Crippen molar-refractivity contribution >= 4 is 23.3 Å². The Morgan fingerprint density at radius 1 is 1.27 bits per heavy atom. The lowest BCUT2D eigenvalue weighted by molar-refractivity contribution is -0.133. The molecule has 1 aliphatic rings. The number of halogens is 1. The van der Waals surface area contributed by atoms with E-state index in [1.54, 1.807) is 31.4 Å². The van der Waals surface area contributed by atoms with Gasteiger partial charge in [0.05, 0.1) is 6.61 Å². The molecule has 0 aromatic heterocycles. The van der Waals surface area contributed by atoms with Crippen molar-refractivity contribution in [1.82, 2.24) is 4.90 Å². The first kappa shape index (κ1) is 17.0. The van der Waals surface area contributed by atoms with Crippen LogP contribution in [0, 0.1) is 5.92 Å². The molecule has 1 amide bonds. The van der Waals surface area contributed by atoms with Gasteiger partial charge in [0.2, 0.25) is 5.91 Å². The molecule has 0 radical (unpaired) electrons. The van der Waals surface area contributed by atoms with Crippen LogP contribution in [0.1, 0.15) is 36.0 Å². The first-order chi connectivity index (χ1) is 10.6. The number of hydrogen-bond donors (Lipinski definition) is 0. The molecule has 1 aliphatic heterocycles. The third-order valence-electron chi connectivity index (χ3n) is 4.01. The highest BCUT2D eigenvalue weighted by Crippen LogP contribution is 2.18. The Balaban J connectivity index is 1.81. The number of carbonyl (C=O) groups is 2. The monoisotopic (exact) mass is 323 g/mol. The van der Waals surface area contributed by atoms with Gasteiger partial charge < -0.3 is 9.64 Å². The Hall–Kier alpha value is -1.39. The summed E-state index contributed by atoms with van der Waals surface area (Å²) in [6, 6.07) is 6.78. The Labute approximate surface area is 136 Å². The number of hydrogen-bond acceptors (Lipinski definition) is 3. The molecule has 1 atom stereocenters. The minimum atomic E-state index is -0.0181. The van der Waals surface area contributed by atoms with Crippen LogP contribution in [0.5, 0.6) is 0 Å². The van der Waals surface area contributed by atoms with Crippen molar-refractivity contribution in [3.8, 4) is 0 Å². The van der Waals surface area contributed by atoms with Gasteiger partial charge in [-0.2, -0.15) is 0 Å². The summed E-state index contributed by atoms with van der Waals surface area (Å²) in [4.78, 5) is 26.2. The highest BCUT2D eigenvalue weighted by Gasteiger charge is 2.23. The molecular formula is C17H22ClNO3. The van der Waals surface area contributed by atoms with Crippen LogP contribution >= 0.6 is 11.6 Å². The van der Waals surface area contributed by atoms with Crippen LogP contribution in [-0.4, -0.2) is 43.4 Å². The summed E-state index contributed by atoms with van der Waals surface area (Å²) >= 11 is 5.80. The van der Waals surface area contributed by atoms with E-state index in [0.29, 0.717) is 23.1 Å². The molecule has 0 aliphatic carbocycles. The van der Waals surface area contributed by atoms with E-state index in [2.05, 4.69) is 0 Å². The van der Waals surface area contributed by atoms with Crippen LogP contribution in [0.25, 0.3) is 0 Å². The van der Waals surface area contributed by atoms with Gasteiger partial charge in [0, 0.05) is 43.6 Å². The van der Waals surface area contributed by atoms with Gasteiger partial charge in [0.1, 0.15) is 0 Å². The van der Waals surface area contributed by atoms with Gasteiger partial charge >= 0.3 is 0 Å². The third kappa shape index (κ3) is 4.82. The molecule has 4 nitrogen and oxygen atoms in total. The number of amides is 1. The topological polar surface area (TPSA) is 46.6 Å². The van der Waals surface area contributed by atoms with E-state index < -0.39 is 0 Å². The average Bonchev–Trinajstić information content (AvgIpc) is 2.53.